The van der Waals surface area contributed by atoms with Crippen LogP contribution in [0.3, 0.4) is 0 Å². The van der Waals surface area contributed by atoms with Crippen LogP contribution < -0.4 is 18.9 Å². The molecule has 144 valence electrons. The Morgan fingerprint density at radius 1 is 1.00 bits per heavy atom. The van der Waals surface area contributed by atoms with Crippen molar-refractivity contribution in [3.05, 3.63) is 53.2 Å². The number of nitrogens with zero attached hydrogens (tertiary/aromatic N) is 1. The third-order valence-corrected chi connectivity index (χ3v) is 4.34. The number of fused-ring (bicyclic) bond motifs is 1. The quantitative estimate of drug-likeness (QED) is 0.585. The molecule has 0 atom stereocenters. The van der Waals surface area contributed by atoms with E-state index in [1.165, 1.54) is 0 Å². The Morgan fingerprint density at radius 2 is 1.79 bits per heavy atom. The second kappa shape index (κ2) is 7.64. The van der Waals surface area contributed by atoms with E-state index in [2.05, 4.69) is 4.99 Å². The summed E-state index contributed by atoms with van der Waals surface area (Å²) in [5.41, 5.74) is 1.92. The lowest BCUT2D eigenvalue weighted by molar-refractivity contribution is -0.130. The van der Waals surface area contributed by atoms with Gasteiger partial charge in [-0.1, -0.05) is 12.1 Å². The molecule has 2 aromatic carbocycles. The summed E-state index contributed by atoms with van der Waals surface area (Å²) in [7, 11) is 3.15. The Morgan fingerprint density at radius 3 is 2.57 bits per heavy atom. The van der Waals surface area contributed by atoms with E-state index in [0.717, 1.165) is 11.1 Å². The van der Waals surface area contributed by atoms with Gasteiger partial charge in [-0.25, -0.2) is 9.79 Å². The highest BCUT2D eigenvalue weighted by atomic mass is 16.6. The van der Waals surface area contributed by atoms with Gasteiger partial charge in [-0.2, -0.15) is 0 Å². The molecule has 0 N–H and O–H groups in total. The molecule has 0 aromatic heterocycles. The number of cyclic esters (lactones) is 1. The highest BCUT2D eigenvalue weighted by molar-refractivity contribution is 6.07. The van der Waals surface area contributed by atoms with Gasteiger partial charge in [0.25, 0.3) is 0 Å². The zero-order valence-corrected chi connectivity index (χ0v) is 15.6. The number of esters is 1. The molecule has 0 unspecified atom stereocenters. The van der Waals surface area contributed by atoms with Crippen molar-refractivity contribution in [3.8, 4) is 23.0 Å². The minimum Gasteiger partial charge on any atom is -0.493 e. The molecule has 7 heteroatoms. The number of carbonyl (C=O) groups is 1. The monoisotopic (exact) mass is 381 g/mol. The molecule has 4 rings (SSSR count). The first-order valence-electron chi connectivity index (χ1n) is 8.78. The molecule has 7 nitrogen and oxygen atoms in total. The largest absolute Gasteiger partial charge is 0.493 e. The van der Waals surface area contributed by atoms with Crippen LogP contribution in [0.15, 0.2) is 47.1 Å². The van der Waals surface area contributed by atoms with E-state index in [1.54, 1.807) is 26.4 Å². The van der Waals surface area contributed by atoms with Crippen LogP contribution in [0.4, 0.5) is 0 Å². The third kappa shape index (κ3) is 3.64. The van der Waals surface area contributed by atoms with Crippen molar-refractivity contribution in [2.24, 2.45) is 4.99 Å². The van der Waals surface area contributed by atoms with Crippen molar-refractivity contribution < 1.29 is 28.5 Å². The normalized spacial score (nSPS) is 16.6. The Hall–Kier alpha value is -3.48. The lowest BCUT2D eigenvalue weighted by Crippen LogP contribution is -2.15. The summed E-state index contributed by atoms with van der Waals surface area (Å²) in [6, 6.07) is 11.0. The lowest BCUT2D eigenvalue weighted by atomic mass is 10.1. The highest BCUT2D eigenvalue weighted by Crippen LogP contribution is 2.32. The number of aliphatic imine (C=N–C) groups is 1. The molecule has 2 aliphatic heterocycles. The lowest BCUT2D eigenvalue weighted by Gasteiger charge is -2.18. The van der Waals surface area contributed by atoms with Crippen LogP contribution in [0.2, 0.25) is 0 Å². The molecule has 0 saturated carbocycles. The molecule has 0 bridgehead atoms. The van der Waals surface area contributed by atoms with Crippen LogP contribution in [-0.4, -0.2) is 39.3 Å². The molecule has 2 aromatic rings. The fourth-order valence-electron chi connectivity index (χ4n) is 3.00. The smallest absolute Gasteiger partial charge is 0.363 e. The SMILES string of the molecule is COc1ccc(CC2=N/C(=C/c3ccc4c(c3)OCCO4)C(=O)O2)cc1OC. The number of carbonyl (C=O) groups excluding carboxylic acids is 1. The summed E-state index contributed by atoms with van der Waals surface area (Å²) in [4.78, 5) is 16.5. The fraction of sp³-hybridized carbons (Fsp3) is 0.238. The fourth-order valence-corrected chi connectivity index (χ4v) is 3.00. The number of ether oxygens (including phenoxy) is 5. The number of methoxy groups -OCH3 is 2. The molecule has 0 saturated heterocycles. The number of hydrogen-bond donors (Lipinski definition) is 0. The van der Waals surface area contributed by atoms with Gasteiger partial charge in [-0.05, 0) is 41.5 Å². The van der Waals surface area contributed by atoms with Crippen LogP contribution >= 0.6 is 0 Å². The molecule has 0 amide bonds. The highest BCUT2D eigenvalue weighted by Gasteiger charge is 2.23. The second-order valence-electron chi connectivity index (χ2n) is 6.19. The standard InChI is InChI=1S/C21H19NO6/c1-24-16-5-3-14(10-18(16)25-2)12-20-22-15(21(23)28-20)9-13-4-6-17-19(11-13)27-8-7-26-17/h3-6,9-11H,7-8,12H2,1-2H3/b15-9+. The molecule has 2 heterocycles. The maximum absolute atomic E-state index is 12.2. The average Bonchev–Trinajstić information content (AvgIpc) is 3.06. The van der Waals surface area contributed by atoms with Crippen molar-refractivity contribution in [1.82, 2.24) is 0 Å². The van der Waals surface area contributed by atoms with Gasteiger partial charge in [0.15, 0.2) is 28.7 Å². The van der Waals surface area contributed by atoms with Gasteiger partial charge >= 0.3 is 5.97 Å². The van der Waals surface area contributed by atoms with Gasteiger partial charge in [-0.15, -0.1) is 0 Å². The second-order valence-corrected chi connectivity index (χ2v) is 6.19. The predicted octanol–water partition coefficient (Wildman–Crippen LogP) is 3.01. The van der Waals surface area contributed by atoms with Gasteiger partial charge in [-0.3, -0.25) is 0 Å². The number of hydrogen-bond acceptors (Lipinski definition) is 7. The van der Waals surface area contributed by atoms with E-state index >= 15 is 0 Å². The van der Waals surface area contributed by atoms with E-state index in [4.69, 9.17) is 23.7 Å². The van der Waals surface area contributed by atoms with E-state index in [0.29, 0.717) is 48.5 Å². The molecular weight excluding hydrogens is 362 g/mol. The van der Waals surface area contributed by atoms with Gasteiger partial charge in [0.05, 0.1) is 14.2 Å². The maximum Gasteiger partial charge on any atom is 0.363 e. The van der Waals surface area contributed by atoms with Crippen LogP contribution in [-0.2, 0) is 16.0 Å². The molecule has 2 aliphatic rings. The minimum absolute atomic E-state index is 0.243. The van der Waals surface area contributed by atoms with Crippen LogP contribution in [0.1, 0.15) is 11.1 Å². The summed E-state index contributed by atoms with van der Waals surface area (Å²) in [6.45, 7) is 1.03. The molecule has 0 spiro atoms. The third-order valence-electron chi connectivity index (χ3n) is 4.34. The Bertz CT molecular complexity index is 979. The Balaban J connectivity index is 1.54. The number of benzene rings is 2. The van der Waals surface area contributed by atoms with Crippen molar-refractivity contribution in [2.75, 3.05) is 27.4 Å². The van der Waals surface area contributed by atoms with E-state index < -0.39 is 5.97 Å². The topological polar surface area (TPSA) is 75.6 Å². The van der Waals surface area contributed by atoms with E-state index in [9.17, 15) is 4.79 Å². The first-order chi connectivity index (χ1) is 13.7. The minimum atomic E-state index is -0.481. The zero-order chi connectivity index (χ0) is 19.5. The summed E-state index contributed by atoms with van der Waals surface area (Å²) in [6.07, 6.45) is 2.03. The molecule has 0 fully saturated rings. The van der Waals surface area contributed by atoms with Crippen LogP contribution in [0, 0.1) is 0 Å². The van der Waals surface area contributed by atoms with Crippen molar-refractivity contribution in [2.45, 2.75) is 6.42 Å². The molecular formula is C21H19NO6. The summed E-state index contributed by atoms with van der Waals surface area (Å²) < 4.78 is 26.9. The summed E-state index contributed by atoms with van der Waals surface area (Å²) in [5, 5.41) is 0. The first-order valence-corrected chi connectivity index (χ1v) is 8.78. The van der Waals surface area contributed by atoms with Crippen molar-refractivity contribution in [1.29, 1.82) is 0 Å². The van der Waals surface area contributed by atoms with Gasteiger partial charge in [0.2, 0.25) is 5.90 Å². The summed E-state index contributed by atoms with van der Waals surface area (Å²) >= 11 is 0. The molecule has 0 radical (unpaired) electrons. The molecule has 0 aliphatic carbocycles. The van der Waals surface area contributed by atoms with Crippen molar-refractivity contribution in [3.63, 3.8) is 0 Å². The van der Waals surface area contributed by atoms with Crippen LogP contribution in [0.25, 0.3) is 6.08 Å². The maximum atomic E-state index is 12.2. The first kappa shape index (κ1) is 17.9. The zero-order valence-electron chi connectivity index (χ0n) is 15.6. The van der Waals surface area contributed by atoms with Gasteiger partial charge in [0.1, 0.15) is 13.2 Å². The van der Waals surface area contributed by atoms with Crippen LogP contribution in [0.5, 0.6) is 23.0 Å². The number of rotatable bonds is 5. The average molecular weight is 381 g/mol. The Labute approximate surface area is 162 Å². The van der Waals surface area contributed by atoms with Gasteiger partial charge in [0, 0.05) is 6.42 Å². The summed E-state index contributed by atoms with van der Waals surface area (Å²) in [5.74, 6) is 2.45. The predicted molar refractivity (Wildman–Crippen MR) is 102 cm³/mol. The van der Waals surface area contributed by atoms with Crippen molar-refractivity contribution >= 4 is 17.9 Å². The van der Waals surface area contributed by atoms with Gasteiger partial charge < -0.3 is 23.7 Å². The van der Waals surface area contributed by atoms with E-state index in [-0.39, 0.29) is 5.70 Å². The Kier molecular flexibility index (Phi) is 4.89. The molecule has 28 heavy (non-hydrogen) atoms. The van der Waals surface area contributed by atoms with E-state index in [1.807, 2.05) is 30.3 Å².